The quantitative estimate of drug-likeness (QED) is 0.746. The van der Waals surface area contributed by atoms with Crippen LogP contribution in [0.15, 0.2) is 30.3 Å². The largest absolute Gasteiger partial charge is 0.356 e. The van der Waals surface area contributed by atoms with Crippen molar-refractivity contribution in [2.24, 2.45) is 0 Å². The van der Waals surface area contributed by atoms with Crippen LogP contribution in [0.4, 0.5) is 0 Å². The maximum Gasteiger partial charge on any atom is 0.219 e. The highest BCUT2D eigenvalue weighted by atomic mass is 16.1. The molecule has 2 heteroatoms. The molecule has 0 unspecified atom stereocenters. The first-order valence-electron chi connectivity index (χ1n) is 4.63. The molecule has 0 heterocycles. The summed E-state index contributed by atoms with van der Waals surface area (Å²) in [6.45, 7) is 2.59. The Morgan fingerprint density at radius 2 is 2.00 bits per heavy atom. The van der Waals surface area contributed by atoms with Crippen LogP contribution in [0, 0.1) is 0 Å². The van der Waals surface area contributed by atoms with E-state index in [0.29, 0.717) is 6.42 Å². The van der Waals surface area contributed by atoms with Gasteiger partial charge in [0, 0.05) is 13.0 Å². The monoisotopic (exact) mass is 177 g/mol. The van der Waals surface area contributed by atoms with Crippen molar-refractivity contribution >= 4 is 5.91 Å². The van der Waals surface area contributed by atoms with Gasteiger partial charge in [-0.25, -0.2) is 0 Å². The van der Waals surface area contributed by atoms with Gasteiger partial charge in [-0.1, -0.05) is 37.3 Å². The lowest BCUT2D eigenvalue weighted by atomic mass is 10.1. The molecule has 13 heavy (non-hydrogen) atoms. The third kappa shape index (κ3) is 3.74. The van der Waals surface area contributed by atoms with Crippen molar-refractivity contribution in [3.8, 4) is 0 Å². The van der Waals surface area contributed by atoms with Gasteiger partial charge >= 0.3 is 0 Å². The molecule has 0 radical (unpaired) electrons. The summed E-state index contributed by atoms with van der Waals surface area (Å²) in [4.78, 5) is 10.9. The number of carbonyl (C=O) groups is 1. The van der Waals surface area contributed by atoms with E-state index in [1.807, 2.05) is 25.1 Å². The Morgan fingerprint density at radius 1 is 1.31 bits per heavy atom. The number of benzene rings is 1. The minimum absolute atomic E-state index is 0.121. The van der Waals surface area contributed by atoms with Crippen LogP contribution < -0.4 is 5.32 Å². The lowest BCUT2D eigenvalue weighted by molar-refractivity contribution is -0.120. The van der Waals surface area contributed by atoms with E-state index in [-0.39, 0.29) is 5.91 Å². The second kappa shape index (κ2) is 5.36. The first-order valence-corrected chi connectivity index (χ1v) is 4.63. The van der Waals surface area contributed by atoms with Crippen LogP contribution in [0.2, 0.25) is 0 Å². The van der Waals surface area contributed by atoms with Crippen molar-refractivity contribution in [1.29, 1.82) is 0 Å². The molecule has 0 aromatic heterocycles. The molecule has 0 bridgehead atoms. The molecule has 1 rings (SSSR count). The average Bonchev–Trinajstić information content (AvgIpc) is 2.19. The Balaban J connectivity index is 2.24. The molecule has 0 spiro atoms. The molecule has 1 aromatic carbocycles. The minimum Gasteiger partial charge on any atom is -0.356 e. The molecule has 70 valence electrons. The Kier molecular flexibility index (Phi) is 4.03. The average molecular weight is 177 g/mol. The summed E-state index contributed by atoms with van der Waals surface area (Å²) >= 11 is 0. The van der Waals surface area contributed by atoms with Gasteiger partial charge in [0.25, 0.3) is 0 Å². The van der Waals surface area contributed by atoms with E-state index in [0.717, 1.165) is 13.0 Å². The molecule has 0 aliphatic carbocycles. The van der Waals surface area contributed by atoms with Gasteiger partial charge in [-0.3, -0.25) is 4.79 Å². The first-order chi connectivity index (χ1) is 6.33. The number of carbonyl (C=O) groups excluding carboxylic acids is 1. The van der Waals surface area contributed by atoms with Crippen molar-refractivity contribution in [3.05, 3.63) is 35.9 Å². The third-order valence-corrected chi connectivity index (χ3v) is 1.90. The van der Waals surface area contributed by atoms with Crippen molar-refractivity contribution < 1.29 is 4.79 Å². The topological polar surface area (TPSA) is 29.1 Å². The van der Waals surface area contributed by atoms with E-state index in [2.05, 4.69) is 17.4 Å². The highest BCUT2D eigenvalue weighted by Crippen LogP contribution is 1.97. The molecule has 0 saturated carbocycles. The maximum atomic E-state index is 10.9. The fraction of sp³-hybridized carbons (Fsp3) is 0.364. The second-order valence-corrected chi connectivity index (χ2v) is 2.94. The van der Waals surface area contributed by atoms with E-state index >= 15 is 0 Å². The van der Waals surface area contributed by atoms with Crippen molar-refractivity contribution in [2.75, 3.05) is 6.54 Å². The minimum atomic E-state index is 0.121. The SMILES string of the molecule is CCC(=O)NCCc1ccccc1. The number of rotatable bonds is 4. The number of hydrogen-bond acceptors (Lipinski definition) is 1. The van der Waals surface area contributed by atoms with Crippen molar-refractivity contribution in [1.82, 2.24) is 5.32 Å². The zero-order valence-electron chi connectivity index (χ0n) is 7.92. The Hall–Kier alpha value is -1.31. The number of nitrogens with one attached hydrogen (secondary N) is 1. The van der Waals surface area contributed by atoms with E-state index in [4.69, 9.17) is 0 Å². The lowest BCUT2D eigenvalue weighted by Gasteiger charge is -2.02. The van der Waals surface area contributed by atoms with Crippen molar-refractivity contribution in [2.45, 2.75) is 19.8 Å². The predicted molar refractivity (Wildman–Crippen MR) is 53.4 cm³/mol. The number of amides is 1. The molecule has 0 fully saturated rings. The molecule has 0 aliphatic heterocycles. The smallest absolute Gasteiger partial charge is 0.219 e. The molecule has 1 N–H and O–H groups in total. The normalized spacial score (nSPS) is 9.62. The van der Waals surface area contributed by atoms with E-state index in [1.165, 1.54) is 5.56 Å². The van der Waals surface area contributed by atoms with Gasteiger partial charge in [0.2, 0.25) is 5.91 Å². The summed E-state index contributed by atoms with van der Waals surface area (Å²) in [6.07, 6.45) is 1.47. The van der Waals surface area contributed by atoms with Gasteiger partial charge in [0.05, 0.1) is 0 Å². The fourth-order valence-corrected chi connectivity index (χ4v) is 1.12. The summed E-state index contributed by atoms with van der Waals surface area (Å²) in [6, 6.07) is 10.2. The molecule has 1 aromatic rings. The highest BCUT2D eigenvalue weighted by Gasteiger charge is 1.95. The zero-order valence-corrected chi connectivity index (χ0v) is 7.92. The van der Waals surface area contributed by atoms with E-state index in [9.17, 15) is 4.79 Å². The first kappa shape index (κ1) is 9.78. The third-order valence-electron chi connectivity index (χ3n) is 1.90. The lowest BCUT2D eigenvalue weighted by Crippen LogP contribution is -2.24. The summed E-state index contributed by atoms with van der Waals surface area (Å²) in [5.41, 5.74) is 1.26. The number of hydrogen-bond donors (Lipinski definition) is 1. The highest BCUT2D eigenvalue weighted by molar-refractivity contribution is 5.75. The molecular weight excluding hydrogens is 162 g/mol. The van der Waals surface area contributed by atoms with Gasteiger partial charge < -0.3 is 5.32 Å². The van der Waals surface area contributed by atoms with Crippen LogP contribution in [-0.2, 0) is 11.2 Å². The fourth-order valence-electron chi connectivity index (χ4n) is 1.12. The Morgan fingerprint density at radius 3 is 2.62 bits per heavy atom. The van der Waals surface area contributed by atoms with Crippen molar-refractivity contribution in [3.63, 3.8) is 0 Å². The van der Waals surface area contributed by atoms with Gasteiger partial charge in [-0.15, -0.1) is 0 Å². The van der Waals surface area contributed by atoms with Gasteiger partial charge in [-0.2, -0.15) is 0 Å². The summed E-state index contributed by atoms with van der Waals surface area (Å²) in [7, 11) is 0. The van der Waals surface area contributed by atoms with Crippen LogP contribution >= 0.6 is 0 Å². The summed E-state index contributed by atoms with van der Waals surface area (Å²) in [5, 5.41) is 2.84. The van der Waals surface area contributed by atoms with Crippen LogP contribution in [0.5, 0.6) is 0 Å². The van der Waals surface area contributed by atoms with E-state index in [1.54, 1.807) is 0 Å². The van der Waals surface area contributed by atoms with Gasteiger partial charge in [0.1, 0.15) is 0 Å². The van der Waals surface area contributed by atoms with Gasteiger partial charge in [-0.05, 0) is 12.0 Å². The van der Waals surface area contributed by atoms with Crippen LogP contribution in [0.25, 0.3) is 0 Å². The van der Waals surface area contributed by atoms with Crippen LogP contribution in [-0.4, -0.2) is 12.5 Å². The Bertz CT molecular complexity index is 256. The van der Waals surface area contributed by atoms with Crippen LogP contribution in [0.1, 0.15) is 18.9 Å². The predicted octanol–water partition coefficient (Wildman–Crippen LogP) is 1.76. The maximum absolute atomic E-state index is 10.9. The molecule has 0 atom stereocenters. The van der Waals surface area contributed by atoms with Gasteiger partial charge in [0.15, 0.2) is 0 Å². The molecule has 0 aliphatic rings. The molecule has 1 amide bonds. The second-order valence-electron chi connectivity index (χ2n) is 2.94. The molecular formula is C11H15NO. The van der Waals surface area contributed by atoms with Crippen LogP contribution in [0.3, 0.4) is 0 Å². The standard InChI is InChI=1S/C11H15NO/c1-2-11(13)12-9-8-10-6-4-3-5-7-10/h3-7H,2,8-9H2,1H3,(H,12,13). The Labute approximate surface area is 79.0 Å². The summed E-state index contributed by atoms with van der Waals surface area (Å²) < 4.78 is 0. The zero-order chi connectivity index (χ0) is 9.52. The summed E-state index contributed by atoms with van der Waals surface area (Å²) in [5.74, 6) is 0.121. The molecule has 0 saturated heterocycles. The molecule has 2 nitrogen and oxygen atoms in total. The van der Waals surface area contributed by atoms with E-state index < -0.39 is 0 Å².